The van der Waals surface area contributed by atoms with Crippen LogP contribution < -0.4 is 0 Å². The van der Waals surface area contributed by atoms with Crippen molar-refractivity contribution >= 4 is 74.9 Å². The van der Waals surface area contributed by atoms with Crippen LogP contribution in [0.4, 0.5) is 16.6 Å². The quantitative estimate of drug-likeness (QED) is 0.140. The number of thioether (sulfide) groups is 1. The average molecular weight is 553 g/mol. The predicted molar refractivity (Wildman–Crippen MR) is 132 cm³/mol. The van der Waals surface area contributed by atoms with Gasteiger partial charge in [0.05, 0.1) is 15.9 Å². The van der Waals surface area contributed by atoms with Gasteiger partial charge in [-0.25, -0.2) is 4.98 Å². The predicted octanol–water partition coefficient (Wildman–Crippen LogP) is 6.04. The second-order valence-corrected chi connectivity index (χ2v) is 10.5. The molecule has 180 valence electrons. The first-order valence-corrected chi connectivity index (χ1v) is 12.7. The molecule has 0 N–H and O–H groups in total. The third-order valence-electron chi connectivity index (χ3n) is 3.73. The number of rotatable bonds is 8. The highest BCUT2D eigenvalue weighted by Gasteiger charge is 2.14. The molecule has 13 nitrogen and oxygen atoms in total. The molecule has 0 atom stereocenters. The molecule has 0 unspecified atom stereocenters. The Hall–Kier alpha value is -3.67. The number of thiazole rings is 1. The number of nitrogens with zero attached hydrogens (tertiary/aromatic N) is 6. The van der Waals surface area contributed by atoms with Gasteiger partial charge in [-0.15, -0.1) is 10.2 Å². The zero-order chi connectivity index (χ0) is 25.4. The molecule has 0 fully saturated rings. The molecule has 17 heteroatoms. The summed E-state index contributed by atoms with van der Waals surface area (Å²) < 4.78 is 7.15. The van der Waals surface area contributed by atoms with E-state index < -0.39 is 14.8 Å². The minimum atomic E-state index is -0.622. The molecule has 4 rings (SSSR count). The Balaban J connectivity index is 0.000000198. The molecule has 0 aliphatic rings. The first kappa shape index (κ1) is 25.9. The van der Waals surface area contributed by atoms with Gasteiger partial charge < -0.3 is 4.42 Å². The van der Waals surface area contributed by atoms with Gasteiger partial charge in [0.1, 0.15) is 16.9 Å². The van der Waals surface area contributed by atoms with Gasteiger partial charge in [-0.3, -0.25) is 30.3 Å². The monoisotopic (exact) mass is 552 g/mol. The molecule has 0 amide bonds. The van der Waals surface area contributed by atoms with E-state index in [2.05, 4.69) is 15.2 Å². The zero-order valence-corrected chi connectivity index (χ0v) is 20.6. The molecule has 35 heavy (non-hydrogen) atoms. The lowest BCUT2D eigenvalue weighted by molar-refractivity contribution is -0.402. The van der Waals surface area contributed by atoms with Crippen molar-refractivity contribution in [3.8, 4) is 0 Å². The standard InChI is InChI=1S/C12H8N2O5.C6H4N4O2S4/c15-13(16)10-4-1-9(2-5-10)3-6-11-7-8-12(19-11)14(17)18;1-13-5-8-9-6(16-5)15-4-7-2-3(14-4)10(11)12/h1-8H;2H,1H3/b6-3+;. The van der Waals surface area contributed by atoms with Gasteiger partial charge in [-0.05, 0) is 59.2 Å². The Kier molecular flexibility index (Phi) is 9.01. The SMILES string of the molecule is CSc1nnc(Sc2ncc([N+](=O)[O-])s2)s1.O=[N+]([O-])c1ccc(/C=C/c2ccc([N+](=O)[O-])o2)cc1. The van der Waals surface area contributed by atoms with Crippen LogP contribution in [0.15, 0.2) is 60.0 Å². The molecule has 3 aromatic heterocycles. The van der Waals surface area contributed by atoms with E-state index in [4.69, 9.17) is 4.42 Å². The van der Waals surface area contributed by atoms with E-state index in [1.54, 1.807) is 24.3 Å². The number of hydrogen-bond donors (Lipinski definition) is 0. The van der Waals surface area contributed by atoms with Gasteiger partial charge in [0.15, 0.2) is 13.0 Å². The van der Waals surface area contributed by atoms with Gasteiger partial charge in [0.2, 0.25) is 0 Å². The number of non-ortho nitro benzene ring substituents is 1. The van der Waals surface area contributed by atoms with Crippen molar-refractivity contribution in [2.45, 2.75) is 13.0 Å². The van der Waals surface area contributed by atoms with Crippen molar-refractivity contribution in [3.63, 3.8) is 0 Å². The molecule has 3 heterocycles. The number of aromatic nitrogens is 3. The maximum absolute atomic E-state index is 10.5. The largest absolute Gasteiger partial charge is 0.433 e. The van der Waals surface area contributed by atoms with Gasteiger partial charge >= 0.3 is 10.9 Å². The number of nitro benzene ring substituents is 1. The van der Waals surface area contributed by atoms with Crippen LogP contribution in [-0.2, 0) is 0 Å². The van der Waals surface area contributed by atoms with E-state index in [0.29, 0.717) is 10.1 Å². The Morgan fingerprint density at radius 3 is 2.11 bits per heavy atom. The fraction of sp³-hybridized carbons (Fsp3) is 0.0556. The fourth-order valence-electron chi connectivity index (χ4n) is 2.19. The van der Waals surface area contributed by atoms with Gasteiger partial charge in [0, 0.05) is 12.1 Å². The van der Waals surface area contributed by atoms with Crippen molar-refractivity contribution in [3.05, 3.63) is 84.3 Å². The fourth-order valence-corrected chi connectivity index (χ4v) is 5.62. The topological polar surface area (TPSA) is 181 Å². The molecular formula is C18H12N6O7S4. The Morgan fingerprint density at radius 2 is 1.57 bits per heavy atom. The van der Waals surface area contributed by atoms with Crippen LogP contribution in [0.3, 0.4) is 0 Å². The number of furan rings is 1. The maximum atomic E-state index is 10.5. The van der Waals surface area contributed by atoms with Crippen molar-refractivity contribution < 1.29 is 19.2 Å². The van der Waals surface area contributed by atoms with Gasteiger partial charge in [-0.1, -0.05) is 29.2 Å². The molecular weight excluding hydrogens is 541 g/mol. The first-order chi connectivity index (χ1) is 16.7. The third kappa shape index (κ3) is 7.67. The molecule has 1 aromatic carbocycles. The van der Waals surface area contributed by atoms with E-state index >= 15 is 0 Å². The second kappa shape index (κ2) is 12.2. The second-order valence-electron chi connectivity index (χ2n) is 5.98. The smallest absolute Gasteiger partial charge is 0.401 e. The summed E-state index contributed by atoms with van der Waals surface area (Å²) in [6, 6.07) is 8.64. The highest BCUT2D eigenvalue weighted by Crippen LogP contribution is 2.36. The number of nitro groups is 3. The van der Waals surface area contributed by atoms with E-state index in [0.717, 1.165) is 25.6 Å². The van der Waals surface area contributed by atoms with Crippen molar-refractivity contribution in [1.82, 2.24) is 15.2 Å². The lowest BCUT2D eigenvalue weighted by atomic mass is 10.2. The average Bonchev–Trinajstić information content (AvgIpc) is 3.60. The van der Waals surface area contributed by atoms with E-state index in [1.807, 2.05) is 6.26 Å². The van der Waals surface area contributed by atoms with Crippen LogP contribution in [0.25, 0.3) is 12.2 Å². The summed E-state index contributed by atoms with van der Waals surface area (Å²) >= 11 is 5.30. The van der Waals surface area contributed by atoms with Crippen LogP contribution in [0.2, 0.25) is 0 Å². The van der Waals surface area contributed by atoms with Crippen LogP contribution in [0.1, 0.15) is 11.3 Å². The summed E-state index contributed by atoms with van der Waals surface area (Å²) in [5.41, 5.74) is 0.732. The molecule has 0 saturated carbocycles. The van der Waals surface area contributed by atoms with E-state index in [9.17, 15) is 30.3 Å². The van der Waals surface area contributed by atoms with E-state index in [-0.39, 0.29) is 16.6 Å². The Labute approximate surface area is 212 Å². The van der Waals surface area contributed by atoms with Crippen LogP contribution in [0.5, 0.6) is 0 Å². The summed E-state index contributed by atoms with van der Waals surface area (Å²) in [5.74, 6) is 0.00778. The third-order valence-corrected chi connectivity index (χ3v) is 7.70. The minimum Gasteiger partial charge on any atom is -0.401 e. The van der Waals surface area contributed by atoms with Crippen molar-refractivity contribution in [2.24, 2.45) is 0 Å². The molecule has 0 aliphatic carbocycles. The Bertz CT molecular complexity index is 1370. The molecule has 0 radical (unpaired) electrons. The maximum Gasteiger partial charge on any atom is 0.433 e. The lowest BCUT2D eigenvalue weighted by Gasteiger charge is -1.93. The number of hydrogen-bond acceptors (Lipinski definition) is 14. The normalized spacial score (nSPS) is 10.7. The van der Waals surface area contributed by atoms with Gasteiger partial charge in [0.25, 0.3) is 5.69 Å². The van der Waals surface area contributed by atoms with Crippen LogP contribution >= 0.6 is 46.2 Å². The van der Waals surface area contributed by atoms with Crippen LogP contribution in [-0.4, -0.2) is 36.2 Å². The number of benzene rings is 1. The molecule has 0 aliphatic heterocycles. The lowest BCUT2D eigenvalue weighted by Crippen LogP contribution is -1.86. The highest BCUT2D eigenvalue weighted by atomic mass is 32.2. The summed E-state index contributed by atoms with van der Waals surface area (Å²) in [7, 11) is 0. The van der Waals surface area contributed by atoms with Crippen molar-refractivity contribution in [1.29, 1.82) is 0 Å². The molecule has 0 spiro atoms. The Morgan fingerprint density at radius 1 is 0.857 bits per heavy atom. The summed E-state index contributed by atoms with van der Waals surface area (Å²) in [6.07, 6.45) is 6.37. The summed E-state index contributed by atoms with van der Waals surface area (Å²) in [4.78, 5) is 33.7. The molecule has 0 bridgehead atoms. The molecule has 4 aromatic rings. The first-order valence-electron chi connectivity index (χ1n) is 9.07. The van der Waals surface area contributed by atoms with Crippen LogP contribution in [0, 0.1) is 30.3 Å². The van der Waals surface area contributed by atoms with Crippen molar-refractivity contribution in [2.75, 3.05) is 6.26 Å². The van der Waals surface area contributed by atoms with E-state index in [1.165, 1.54) is 65.3 Å². The zero-order valence-electron chi connectivity index (χ0n) is 17.4. The van der Waals surface area contributed by atoms with Gasteiger partial charge in [-0.2, -0.15) is 0 Å². The molecule has 0 saturated heterocycles. The highest BCUT2D eigenvalue weighted by molar-refractivity contribution is 8.04. The summed E-state index contributed by atoms with van der Waals surface area (Å²) in [6.45, 7) is 0. The minimum absolute atomic E-state index is 0.00536. The summed E-state index contributed by atoms with van der Waals surface area (Å²) in [5, 5.41) is 39.2.